The lowest BCUT2D eigenvalue weighted by Crippen LogP contribution is -2.18. The summed E-state index contributed by atoms with van der Waals surface area (Å²) in [4.78, 5) is 11.5. The van der Waals surface area contributed by atoms with Gasteiger partial charge < -0.3 is 14.8 Å². The monoisotopic (exact) mass is 359 g/mol. The molecular weight excluding hydrogens is 346 g/mol. The second-order valence-electron chi connectivity index (χ2n) is 4.77. The number of ether oxygens (including phenoxy) is 2. The van der Waals surface area contributed by atoms with E-state index >= 15 is 0 Å². The number of carbonyl (C=O) groups is 1. The molecular formula is C17H14BrNO3. The molecule has 0 fully saturated rings. The fourth-order valence-electron chi connectivity index (χ4n) is 2.23. The molecule has 1 unspecified atom stereocenters. The van der Waals surface area contributed by atoms with Gasteiger partial charge in [0, 0.05) is 12.8 Å². The van der Waals surface area contributed by atoms with E-state index in [1.165, 1.54) is 7.11 Å². The van der Waals surface area contributed by atoms with Gasteiger partial charge in [0.15, 0.2) is 0 Å². The van der Waals surface area contributed by atoms with Crippen LogP contribution in [0.1, 0.15) is 0 Å². The van der Waals surface area contributed by atoms with Crippen LogP contribution in [0.15, 0.2) is 64.8 Å². The molecule has 1 aliphatic heterocycles. The first kappa shape index (κ1) is 14.8. The average molecular weight is 360 g/mol. The molecule has 0 radical (unpaired) electrons. The lowest BCUT2D eigenvalue weighted by molar-refractivity contribution is -0.155. The van der Waals surface area contributed by atoms with Crippen LogP contribution in [0.25, 0.3) is 11.1 Å². The van der Waals surface area contributed by atoms with Gasteiger partial charge in [-0.2, -0.15) is 0 Å². The van der Waals surface area contributed by atoms with Gasteiger partial charge in [-0.1, -0.05) is 42.5 Å². The van der Waals surface area contributed by atoms with Crippen molar-refractivity contribution in [2.24, 2.45) is 0 Å². The molecule has 1 heterocycles. The summed E-state index contributed by atoms with van der Waals surface area (Å²) in [5, 5.41) is 3.16. The van der Waals surface area contributed by atoms with E-state index < -0.39 is 12.3 Å². The number of anilines is 1. The normalized spacial score (nSPS) is 17.5. The quantitative estimate of drug-likeness (QED) is 0.841. The van der Waals surface area contributed by atoms with E-state index in [1.54, 1.807) is 0 Å². The smallest absolute Gasteiger partial charge is 0.349 e. The Morgan fingerprint density at radius 2 is 1.68 bits per heavy atom. The number of rotatable bonds is 4. The number of esters is 1. The Hall–Kier alpha value is -2.11. The molecule has 2 aromatic carbocycles. The highest BCUT2D eigenvalue weighted by Crippen LogP contribution is 2.29. The first-order valence-corrected chi connectivity index (χ1v) is 7.54. The van der Waals surface area contributed by atoms with E-state index in [0.717, 1.165) is 16.8 Å². The minimum absolute atomic E-state index is 0.353. The molecule has 112 valence electrons. The molecule has 3 rings (SSSR count). The van der Waals surface area contributed by atoms with Crippen molar-refractivity contribution in [3.8, 4) is 11.1 Å². The summed E-state index contributed by atoms with van der Waals surface area (Å²) in [5.41, 5.74) is 3.71. The Labute approximate surface area is 136 Å². The van der Waals surface area contributed by atoms with Crippen LogP contribution in [0.5, 0.6) is 0 Å². The minimum Gasteiger partial charge on any atom is -0.426 e. The third kappa shape index (κ3) is 2.91. The van der Waals surface area contributed by atoms with Gasteiger partial charge in [-0.3, -0.25) is 0 Å². The van der Waals surface area contributed by atoms with Gasteiger partial charge in [0.1, 0.15) is 10.2 Å². The van der Waals surface area contributed by atoms with Crippen molar-refractivity contribution < 1.29 is 14.3 Å². The van der Waals surface area contributed by atoms with Crippen molar-refractivity contribution in [2.75, 3.05) is 12.4 Å². The summed E-state index contributed by atoms with van der Waals surface area (Å²) >= 11 is 3.22. The summed E-state index contributed by atoms with van der Waals surface area (Å²) < 4.78 is 10.5. The molecule has 2 aromatic rings. The number of hydrogen-bond donors (Lipinski definition) is 1. The van der Waals surface area contributed by atoms with Crippen molar-refractivity contribution in [2.45, 2.75) is 6.29 Å². The molecule has 0 saturated heterocycles. The Balaban J connectivity index is 1.81. The maximum absolute atomic E-state index is 11.5. The van der Waals surface area contributed by atoms with E-state index in [1.807, 2.05) is 42.5 Å². The standard InChI is InChI=1S/C17H14BrNO3/c1-21-17-15(14(18)16(20)22-17)19-13-9-7-12(8-10-13)11-5-3-2-4-6-11/h2-10,17,19H,1H3. The molecule has 0 aliphatic carbocycles. The van der Waals surface area contributed by atoms with E-state index in [2.05, 4.69) is 33.4 Å². The number of halogens is 1. The highest BCUT2D eigenvalue weighted by molar-refractivity contribution is 9.12. The molecule has 0 spiro atoms. The second kappa shape index (κ2) is 6.34. The fourth-order valence-corrected chi connectivity index (χ4v) is 2.61. The Bertz CT molecular complexity index is 710. The predicted molar refractivity (Wildman–Crippen MR) is 88.3 cm³/mol. The van der Waals surface area contributed by atoms with Gasteiger partial charge in [0.25, 0.3) is 0 Å². The average Bonchev–Trinajstić information content (AvgIpc) is 2.84. The SMILES string of the molecule is COC1OC(=O)C(Br)=C1Nc1ccc(-c2ccccc2)cc1. The third-order valence-electron chi connectivity index (χ3n) is 3.35. The van der Waals surface area contributed by atoms with Crippen LogP contribution >= 0.6 is 15.9 Å². The Kier molecular flexibility index (Phi) is 4.27. The van der Waals surface area contributed by atoms with Crippen LogP contribution < -0.4 is 5.32 Å². The number of hydrogen-bond acceptors (Lipinski definition) is 4. The van der Waals surface area contributed by atoms with Gasteiger partial charge >= 0.3 is 5.97 Å². The summed E-state index contributed by atoms with van der Waals surface area (Å²) in [7, 11) is 1.49. The molecule has 0 amide bonds. The minimum atomic E-state index is -0.712. The van der Waals surface area contributed by atoms with Gasteiger partial charge in [-0.25, -0.2) is 4.79 Å². The van der Waals surface area contributed by atoms with E-state index in [-0.39, 0.29) is 0 Å². The van der Waals surface area contributed by atoms with Gasteiger partial charge in [0.2, 0.25) is 6.29 Å². The zero-order valence-electron chi connectivity index (χ0n) is 11.9. The van der Waals surface area contributed by atoms with Gasteiger partial charge in [0.05, 0.1) is 0 Å². The number of benzene rings is 2. The lowest BCUT2D eigenvalue weighted by atomic mass is 10.1. The van der Waals surface area contributed by atoms with Crippen molar-refractivity contribution in [1.29, 1.82) is 0 Å². The van der Waals surface area contributed by atoms with Crippen LogP contribution in [-0.4, -0.2) is 19.4 Å². The summed E-state index contributed by atoms with van der Waals surface area (Å²) in [5.74, 6) is -0.435. The van der Waals surface area contributed by atoms with E-state index in [4.69, 9.17) is 9.47 Å². The zero-order chi connectivity index (χ0) is 15.5. The molecule has 5 heteroatoms. The molecule has 0 bridgehead atoms. The van der Waals surface area contributed by atoms with E-state index in [0.29, 0.717) is 10.2 Å². The first-order chi connectivity index (χ1) is 10.7. The van der Waals surface area contributed by atoms with E-state index in [9.17, 15) is 4.79 Å². The van der Waals surface area contributed by atoms with Crippen LogP contribution in [0.4, 0.5) is 5.69 Å². The topological polar surface area (TPSA) is 47.6 Å². The zero-order valence-corrected chi connectivity index (χ0v) is 13.5. The van der Waals surface area contributed by atoms with Gasteiger partial charge in [-0.05, 0) is 39.2 Å². The first-order valence-electron chi connectivity index (χ1n) is 6.75. The van der Waals surface area contributed by atoms with Crippen LogP contribution in [0.2, 0.25) is 0 Å². The summed E-state index contributed by atoms with van der Waals surface area (Å²) in [6.07, 6.45) is -0.712. The largest absolute Gasteiger partial charge is 0.426 e. The molecule has 4 nitrogen and oxygen atoms in total. The summed E-state index contributed by atoms with van der Waals surface area (Å²) in [6, 6.07) is 18.1. The summed E-state index contributed by atoms with van der Waals surface area (Å²) in [6.45, 7) is 0. The number of nitrogens with one attached hydrogen (secondary N) is 1. The fraction of sp³-hybridized carbons (Fsp3) is 0.118. The molecule has 1 aliphatic rings. The lowest BCUT2D eigenvalue weighted by Gasteiger charge is -2.14. The molecule has 0 aromatic heterocycles. The maximum Gasteiger partial charge on any atom is 0.349 e. The highest BCUT2D eigenvalue weighted by Gasteiger charge is 2.33. The van der Waals surface area contributed by atoms with Crippen LogP contribution in [0, 0.1) is 0 Å². The number of cyclic esters (lactones) is 1. The van der Waals surface area contributed by atoms with Crippen molar-refractivity contribution >= 4 is 27.6 Å². The van der Waals surface area contributed by atoms with Crippen molar-refractivity contribution in [3.63, 3.8) is 0 Å². The molecule has 1 atom stereocenters. The maximum atomic E-state index is 11.5. The molecule has 22 heavy (non-hydrogen) atoms. The third-order valence-corrected chi connectivity index (χ3v) is 4.10. The van der Waals surface area contributed by atoms with Crippen molar-refractivity contribution in [1.82, 2.24) is 0 Å². The number of methoxy groups -OCH3 is 1. The Morgan fingerprint density at radius 3 is 2.32 bits per heavy atom. The van der Waals surface area contributed by atoms with Crippen LogP contribution in [-0.2, 0) is 14.3 Å². The van der Waals surface area contributed by atoms with Crippen molar-refractivity contribution in [3.05, 3.63) is 64.8 Å². The van der Waals surface area contributed by atoms with Crippen LogP contribution in [0.3, 0.4) is 0 Å². The molecule has 1 N–H and O–H groups in total. The Morgan fingerprint density at radius 1 is 1.05 bits per heavy atom. The van der Waals surface area contributed by atoms with Gasteiger partial charge in [-0.15, -0.1) is 0 Å². The highest BCUT2D eigenvalue weighted by atomic mass is 79.9. The second-order valence-corrected chi connectivity index (χ2v) is 5.56. The predicted octanol–water partition coefficient (Wildman–Crippen LogP) is 3.90. The molecule has 0 saturated carbocycles. The number of carbonyl (C=O) groups excluding carboxylic acids is 1.